The Balaban J connectivity index is 0.930. The number of amides is 1. The molecule has 0 aromatic carbocycles. The molecule has 0 unspecified atom stereocenters. The smallest absolute Gasteiger partial charge is 0.223 e. The highest BCUT2D eigenvalue weighted by Gasteiger charge is 2.60. The number of aromatic nitrogens is 4. The summed E-state index contributed by atoms with van der Waals surface area (Å²) in [7, 11) is 0. The lowest BCUT2D eigenvalue weighted by Crippen LogP contribution is -2.52. The summed E-state index contributed by atoms with van der Waals surface area (Å²) in [5, 5.41) is 3.44. The van der Waals surface area contributed by atoms with E-state index in [9.17, 15) is 9.59 Å². The monoisotopic (exact) mass is 558 g/mol. The van der Waals surface area contributed by atoms with Crippen LogP contribution in [0.1, 0.15) is 90.9 Å². The maximum Gasteiger partial charge on any atom is 0.223 e. The maximum atomic E-state index is 13.7. The molecular weight excluding hydrogens is 512 g/mol. The third-order valence-electron chi connectivity index (χ3n) is 12.7. The first-order valence-electron chi connectivity index (χ1n) is 16.2. The van der Waals surface area contributed by atoms with Crippen molar-refractivity contribution in [2.45, 2.75) is 97.4 Å². The molecule has 7 rings (SSSR count). The van der Waals surface area contributed by atoms with Crippen LogP contribution in [-0.2, 0) is 16.1 Å². The molecule has 220 valence electrons. The van der Waals surface area contributed by atoms with Crippen molar-refractivity contribution >= 4 is 28.7 Å². The van der Waals surface area contributed by atoms with Crippen molar-refractivity contribution in [2.24, 2.45) is 46.3 Å². The topological polar surface area (TPSA) is 116 Å². The van der Waals surface area contributed by atoms with Crippen LogP contribution >= 0.6 is 0 Å². The second kappa shape index (κ2) is 10.2. The van der Waals surface area contributed by atoms with E-state index in [2.05, 4.69) is 38.7 Å². The molecule has 4 fully saturated rings. The van der Waals surface area contributed by atoms with Gasteiger partial charge in [-0.3, -0.25) is 9.59 Å². The highest BCUT2D eigenvalue weighted by molar-refractivity contribution is 5.91. The van der Waals surface area contributed by atoms with Crippen LogP contribution in [0.5, 0.6) is 0 Å². The number of nitrogen functional groups attached to an aromatic ring is 1. The molecular formula is C33H46N6O2. The van der Waals surface area contributed by atoms with Gasteiger partial charge >= 0.3 is 0 Å². The molecule has 0 bridgehead atoms. The van der Waals surface area contributed by atoms with Crippen LogP contribution in [0.4, 0.5) is 5.82 Å². The number of imidazole rings is 1. The van der Waals surface area contributed by atoms with Crippen LogP contribution in [0.25, 0.3) is 11.2 Å². The summed E-state index contributed by atoms with van der Waals surface area (Å²) < 4.78 is 2.11. The molecule has 8 heteroatoms. The van der Waals surface area contributed by atoms with Crippen LogP contribution in [-0.4, -0.2) is 37.8 Å². The Kier molecular flexibility index (Phi) is 6.74. The minimum Gasteiger partial charge on any atom is -0.382 e. The Labute approximate surface area is 243 Å². The highest BCUT2D eigenvalue weighted by atomic mass is 16.2. The summed E-state index contributed by atoms with van der Waals surface area (Å²) >= 11 is 0. The second-order valence-electron chi connectivity index (χ2n) is 14.6. The molecule has 4 saturated carbocycles. The fourth-order valence-electron chi connectivity index (χ4n) is 10.3. The molecule has 2 heterocycles. The predicted octanol–water partition coefficient (Wildman–Crippen LogP) is 5.48. The third kappa shape index (κ3) is 4.51. The first-order valence-corrected chi connectivity index (χ1v) is 16.2. The Morgan fingerprint density at radius 3 is 2.61 bits per heavy atom. The number of carbonyl (C=O) groups is 2. The molecule has 3 N–H and O–H groups in total. The average Bonchev–Trinajstić information content (AvgIpc) is 3.54. The van der Waals surface area contributed by atoms with Gasteiger partial charge in [-0.2, -0.15) is 0 Å². The van der Waals surface area contributed by atoms with Crippen LogP contribution in [0.3, 0.4) is 0 Å². The van der Waals surface area contributed by atoms with Gasteiger partial charge in [0.25, 0.3) is 0 Å². The van der Waals surface area contributed by atoms with Crippen LogP contribution in [0, 0.1) is 46.3 Å². The first kappa shape index (κ1) is 27.1. The van der Waals surface area contributed by atoms with Gasteiger partial charge in [0.15, 0.2) is 17.2 Å². The fraction of sp³-hybridized carbons (Fsp3) is 0.727. The molecule has 5 aliphatic carbocycles. The Bertz CT molecular complexity index is 1370. The Hall–Kier alpha value is -2.77. The standard InChI is InChI=1S/C33H46N6O2/c1-32-13-11-23(40)15-22(32)7-8-24-25-9-10-27(33(25,2)14-12-26(24)32)31(41)35-16-20-3-5-21(6-4-20)17-39-19-38-28-29(34)36-18-37-30(28)39/h15,18-21,24-27H,3-14,16-17H2,1-2H3,(H,35,41)(H2,34,36,37)/t20?,21?,24-,25-,26-,27+,32-,33-/m0/s1. The number of fused-ring (bicyclic) bond motifs is 6. The minimum atomic E-state index is 0.117. The number of hydrogen-bond donors (Lipinski definition) is 2. The largest absolute Gasteiger partial charge is 0.382 e. The molecule has 0 radical (unpaired) electrons. The van der Waals surface area contributed by atoms with Crippen molar-refractivity contribution in [3.05, 3.63) is 24.3 Å². The van der Waals surface area contributed by atoms with Gasteiger partial charge in [-0.1, -0.05) is 19.4 Å². The zero-order valence-electron chi connectivity index (χ0n) is 24.8. The summed E-state index contributed by atoms with van der Waals surface area (Å²) in [5.41, 5.74) is 9.20. The van der Waals surface area contributed by atoms with E-state index in [0.717, 1.165) is 70.1 Å². The van der Waals surface area contributed by atoms with E-state index in [4.69, 9.17) is 5.73 Å². The SMILES string of the molecule is C[C@]12CC[C@H]3[C@@H](CCC4=CC(=O)CC[C@@]43C)[C@@H]1CC[C@@H]2C(=O)NCC1CCC(Cn2cnc3c(N)ncnc32)CC1. The molecule has 0 saturated heterocycles. The number of nitrogens with zero attached hydrogens (tertiary/aromatic N) is 4. The van der Waals surface area contributed by atoms with Gasteiger partial charge < -0.3 is 15.6 Å². The fourth-order valence-corrected chi connectivity index (χ4v) is 10.3. The van der Waals surface area contributed by atoms with Gasteiger partial charge in [0.05, 0.1) is 6.33 Å². The van der Waals surface area contributed by atoms with E-state index in [1.165, 1.54) is 31.2 Å². The van der Waals surface area contributed by atoms with E-state index in [-0.39, 0.29) is 16.7 Å². The summed E-state index contributed by atoms with van der Waals surface area (Å²) in [6.45, 7) is 6.60. The third-order valence-corrected chi connectivity index (χ3v) is 12.7. The van der Waals surface area contributed by atoms with Crippen molar-refractivity contribution in [3.63, 3.8) is 0 Å². The van der Waals surface area contributed by atoms with Gasteiger partial charge in [0.1, 0.15) is 11.8 Å². The molecule has 6 atom stereocenters. The van der Waals surface area contributed by atoms with Crippen molar-refractivity contribution in [1.82, 2.24) is 24.8 Å². The highest BCUT2D eigenvalue weighted by Crippen LogP contribution is 2.66. The van der Waals surface area contributed by atoms with E-state index in [1.54, 1.807) is 0 Å². The lowest BCUT2D eigenvalue weighted by Gasteiger charge is -2.58. The van der Waals surface area contributed by atoms with Crippen molar-refractivity contribution in [3.8, 4) is 0 Å². The molecule has 2 aromatic rings. The number of hydrogen-bond acceptors (Lipinski definition) is 6. The molecule has 5 aliphatic rings. The summed E-state index contributed by atoms with van der Waals surface area (Å²) in [5.74, 6) is 4.39. The molecule has 0 aliphatic heterocycles. The van der Waals surface area contributed by atoms with E-state index >= 15 is 0 Å². The quantitative estimate of drug-likeness (QED) is 0.502. The lowest BCUT2D eigenvalue weighted by molar-refractivity contribution is -0.132. The number of ketones is 1. The number of allylic oxidation sites excluding steroid dienone is 1. The Morgan fingerprint density at radius 1 is 0.976 bits per heavy atom. The van der Waals surface area contributed by atoms with Crippen molar-refractivity contribution in [1.29, 1.82) is 0 Å². The number of anilines is 1. The summed E-state index contributed by atoms with van der Waals surface area (Å²) in [6.07, 6.45) is 18.6. The summed E-state index contributed by atoms with van der Waals surface area (Å²) in [4.78, 5) is 38.7. The zero-order chi connectivity index (χ0) is 28.4. The van der Waals surface area contributed by atoms with Crippen molar-refractivity contribution < 1.29 is 9.59 Å². The number of carbonyl (C=O) groups excluding carboxylic acids is 2. The van der Waals surface area contributed by atoms with Crippen molar-refractivity contribution in [2.75, 3.05) is 12.3 Å². The zero-order valence-corrected chi connectivity index (χ0v) is 24.8. The average molecular weight is 559 g/mol. The number of nitrogens with two attached hydrogens (primary N) is 1. The number of rotatable bonds is 5. The minimum absolute atomic E-state index is 0.117. The van der Waals surface area contributed by atoms with Gasteiger partial charge in [-0.15, -0.1) is 0 Å². The molecule has 41 heavy (non-hydrogen) atoms. The molecule has 1 amide bonds. The summed E-state index contributed by atoms with van der Waals surface area (Å²) in [6, 6.07) is 0. The second-order valence-corrected chi connectivity index (χ2v) is 14.6. The molecule has 0 spiro atoms. The van der Waals surface area contributed by atoms with Gasteiger partial charge in [0.2, 0.25) is 5.91 Å². The molecule has 8 nitrogen and oxygen atoms in total. The van der Waals surface area contributed by atoms with Gasteiger partial charge in [-0.25, -0.2) is 15.0 Å². The van der Waals surface area contributed by atoms with E-state index in [1.807, 2.05) is 12.4 Å². The van der Waals surface area contributed by atoms with Gasteiger partial charge in [0, 0.05) is 25.4 Å². The van der Waals surface area contributed by atoms with Crippen LogP contribution in [0.2, 0.25) is 0 Å². The Morgan fingerprint density at radius 2 is 1.78 bits per heavy atom. The molecule has 2 aromatic heterocycles. The predicted molar refractivity (Wildman–Crippen MR) is 158 cm³/mol. The van der Waals surface area contributed by atoms with Crippen LogP contribution < -0.4 is 11.1 Å². The van der Waals surface area contributed by atoms with E-state index < -0.39 is 0 Å². The van der Waals surface area contributed by atoms with Crippen LogP contribution in [0.15, 0.2) is 24.3 Å². The maximum absolute atomic E-state index is 13.7. The first-order chi connectivity index (χ1) is 19.8. The normalized spacial score (nSPS) is 38.6. The number of nitrogens with one attached hydrogen (secondary N) is 1. The lowest BCUT2D eigenvalue weighted by atomic mass is 9.47. The van der Waals surface area contributed by atoms with E-state index in [0.29, 0.717) is 59.0 Å². The van der Waals surface area contributed by atoms with Gasteiger partial charge in [-0.05, 0) is 117 Å².